The first-order valence-corrected chi connectivity index (χ1v) is 13.5. The molecule has 44 heavy (non-hydrogen) atoms. The second kappa shape index (κ2) is 22.5. The molecule has 222 valence electrons. The average molecular weight is 617 g/mol. The maximum atomic E-state index is 12.5. The Morgan fingerprint density at radius 3 is 1.59 bits per heavy atom. The molecule has 0 radical (unpaired) electrons. The molecule has 0 fully saturated rings. The van der Waals surface area contributed by atoms with Gasteiger partial charge in [-0.3, -0.25) is 9.59 Å². The van der Waals surface area contributed by atoms with Crippen LogP contribution in [0.5, 0.6) is 0 Å². The van der Waals surface area contributed by atoms with Gasteiger partial charge in [0.15, 0.2) is 0 Å². The van der Waals surface area contributed by atoms with E-state index in [9.17, 15) is 29.4 Å². The van der Waals surface area contributed by atoms with E-state index >= 15 is 0 Å². The van der Waals surface area contributed by atoms with E-state index in [1.807, 2.05) is 33.8 Å². The van der Waals surface area contributed by atoms with Gasteiger partial charge in [-0.15, -0.1) is 0 Å². The molecule has 0 bridgehead atoms. The number of carboxylic acids is 2. The van der Waals surface area contributed by atoms with E-state index in [1.165, 1.54) is 24.3 Å². The summed E-state index contributed by atoms with van der Waals surface area (Å²) < 4.78 is 0. The molecular formula is C34H38N2Na2O6. The summed E-state index contributed by atoms with van der Waals surface area (Å²) in [6, 6.07) is 17.3. The van der Waals surface area contributed by atoms with Gasteiger partial charge >= 0.3 is 59.1 Å². The minimum atomic E-state index is -1.47. The molecule has 2 amide bonds. The van der Waals surface area contributed by atoms with Crippen LogP contribution >= 0.6 is 0 Å². The maximum absolute atomic E-state index is 12.5. The zero-order chi connectivity index (χ0) is 30.4. The molecule has 0 atom stereocenters. The summed E-state index contributed by atoms with van der Waals surface area (Å²) in [5.41, 5.74) is 1.70. The Kier molecular flexibility index (Phi) is 22.1. The second-order valence-electron chi connectivity index (χ2n) is 8.43. The third kappa shape index (κ3) is 12.6. The molecular weight excluding hydrogens is 578 g/mol. The van der Waals surface area contributed by atoms with Crippen LogP contribution in [0.25, 0.3) is 0 Å². The Hall–Kier alpha value is -2.98. The second-order valence-corrected chi connectivity index (χ2v) is 8.43. The van der Waals surface area contributed by atoms with Crippen LogP contribution in [0.2, 0.25) is 0 Å². The molecule has 4 rings (SSSR count). The summed E-state index contributed by atoms with van der Waals surface area (Å²) in [6.07, 6.45) is 7.10. The van der Waals surface area contributed by atoms with Gasteiger partial charge in [0.2, 0.25) is 0 Å². The molecule has 0 unspecified atom stereocenters. The Morgan fingerprint density at radius 1 is 0.682 bits per heavy atom. The van der Waals surface area contributed by atoms with Crippen LogP contribution < -0.4 is 80.0 Å². The summed E-state index contributed by atoms with van der Waals surface area (Å²) in [5.74, 6) is -3.81. The van der Waals surface area contributed by atoms with Crippen molar-refractivity contribution in [3.05, 3.63) is 118 Å². The number of rotatable bonds is 8. The number of hydrogen-bond donors (Lipinski definition) is 2. The van der Waals surface area contributed by atoms with Crippen molar-refractivity contribution in [3.63, 3.8) is 0 Å². The van der Waals surface area contributed by atoms with Crippen LogP contribution in [-0.4, -0.2) is 23.8 Å². The summed E-state index contributed by atoms with van der Waals surface area (Å²) in [4.78, 5) is 48.5. The normalized spacial score (nSPS) is 10.7. The van der Waals surface area contributed by atoms with Crippen LogP contribution in [0.15, 0.2) is 90.5 Å². The molecule has 3 aromatic carbocycles. The van der Waals surface area contributed by atoms with Gasteiger partial charge in [0, 0.05) is 22.3 Å². The van der Waals surface area contributed by atoms with Crippen molar-refractivity contribution >= 4 is 35.1 Å². The molecule has 0 saturated carbocycles. The molecule has 0 aromatic heterocycles. The average Bonchev–Trinajstić information content (AvgIpc) is 3.01. The monoisotopic (exact) mass is 616 g/mol. The van der Waals surface area contributed by atoms with Gasteiger partial charge in [-0.05, 0) is 66.8 Å². The first-order chi connectivity index (χ1) is 19.8. The number of allylic oxidation sites excluding steroid dienone is 2. The fraction of sp³-hybridized carbons (Fsp3) is 0.235. The number of hydrogen-bond acceptors (Lipinski definition) is 6. The molecule has 0 spiro atoms. The number of amides is 2. The van der Waals surface area contributed by atoms with E-state index < -0.39 is 23.8 Å². The van der Waals surface area contributed by atoms with Gasteiger partial charge < -0.3 is 30.4 Å². The summed E-state index contributed by atoms with van der Waals surface area (Å²) in [7, 11) is 0. The maximum Gasteiger partial charge on any atom is 1.00 e. The molecule has 3 aromatic rings. The zero-order valence-electron chi connectivity index (χ0n) is 25.7. The number of nitrogens with one attached hydrogen (secondary N) is 2. The van der Waals surface area contributed by atoms with Crippen molar-refractivity contribution in [2.24, 2.45) is 0 Å². The van der Waals surface area contributed by atoms with E-state index in [0.717, 1.165) is 12.8 Å². The van der Waals surface area contributed by atoms with Gasteiger partial charge in [-0.25, -0.2) is 0 Å². The standard InChI is InChI=1S/C29H24N2O6.2C2H6.CH4.2Na/c32-26(20-7-3-1-4-8-20)30-24-13-11-18(16-22(24)28(34)35)15-19-12-14-25(23(17-19)29(36)37)31-27(33)21-9-5-2-6-10-21;2*1-2;;;/h1,3-5,7-14,16-17H,2,6,15H2,(H,30,32)(H,31,33)(H,34,35)(H,36,37);2*1-2H3;1H4;;/q;;;;2*+1/p-2. The Bertz CT molecular complexity index is 1450. The Morgan fingerprint density at radius 2 is 1.16 bits per heavy atom. The summed E-state index contributed by atoms with van der Waals surface area (Å²) in [5, 5.41) is 28.7. The predicted molar refractivity (Wildman–Crippen MR) is 163 cm³/mol. The third-order valence-electron chi connectivity index (χ3n) is 5.81. The number of carbonyl (C=O) groups excluding carboxylic acids is 4. The van der Waals surface area contributed by atoms with Gasteiger partial charge in [0.25, 0.3) is 11.8 Å². The van der Waals surface area contributed by atoms with Crippen LogP contribution in [0.3, 0.4) is 0 Å². The molecule has 10 heteroatoms. The number of benzene rings is 3. The number of carboxylic acid groups (broad SMARTS) is 2. The molecule has 1 aliphatic carbocycles. The van der Waals surface area contributed by atoms with Crippen molar-refractivity contribution in [2.45, 2.75) is 54.4 Å². The van der Waals surface area contributed by atoms with Crippen molar-refractivity contribution < 1.29 is 88.5 Å². The molecule has 2 N–H and O–H groups in total. The van der Waals surface area contributed by atoms with E-state index in [1.54, 1.807) is 54.6 Å². The number of carbonyl (C=O) groups is 4. The van der Waals surface area contributed by atoms with Crippen molar-refractivity contribution in [2.75, 3.05) is 10.6 Å². The van der Waals surface area contributed by atoms with Gasteiger partial charge in [0.05, 0.1) is 23.3 Å². The van der Waals surface area contributed by atoms with Crippen molar-refractivity contribution in [1.29, 1.82) is 0 Å². The van der Waals surface area contributed by atoms with Crippen molar-refractivity contribution in [1.82, 2.24) is 0 Å². The van der Waals surface area contributed by atoms with Crippen LogP contribution in [0, 0.1) is 0 Å². The van der Waals surface area contributed by atoms with Gasteiger partial charge in [-0.2, -0.15) is 0 Å². The quantitative estimate of drug-likeness (QED) is 0.317. The van der Waals surface area contributed by atoms with Gasteiger partial charge in [-0.1, -0.05) is 83.7 Å². The predicted octanol–water partition coefficient (Wildman–Crippen LogP) is -0.832. The first kappa shape index (κ1) is 43.1. The fourth-order valence-corrected chi connectivity index (χ4v) is 3.95. The van der Waals surface area contributed by atoms with E-state index in [4.69, 9.17) is 0 Å². The topological polar surface area (TPSA) is 138 Å². The minimum Gasteiger partial charge on any atom is -0.545 e. The van der Waals surface area contributed by atoms with Crippen LogP contribution in [0.4, 0.5) is 11.4 Å². The first-order valence-electron chi connectivity index (χ1n) is 13.5. The van der Waals surface area contributed by atoms with E-state index in [0.29, 0.717) is 22.3 Å². The fourth-order valence-electron chi connectivity index (χ4n) is 3.95. The molecule has 0 aliphatic heterocycles. The minimum absolute atomic E-state index is 0. The Labute approximate surface area is 304 Å². The SMILES string of the molecule is C.CC.CC.O=C(Nc1ccc(Cc2ccc(NC(=O)c3ccccc3)c(C(=O)[O-])c2)cc1C(=O)[O-])C1=CCCC=C1.[Na+].[Na+]. The zero-order valence-corrected chi connectivity index (χ0v) is 29.7. The molecule has 0 heterocycles. The van der Waals surface area contributed by atoms with Crippen LogP contribution in [-0.2, 0) is 11.2 Å². The Balaban J connectivity index is 0. The number of anilines is 2. The summed E-state index contributed by atoms with van der Waals surface area (Å²) in [6.45, 7) is 8.00. The van der Waals surface area contributed by atoms with Crippen molar-refractivity contribution in [3.8, 4) is 0 Å². The van der Waals surface area contributed by atoms with E-state index in [-0.39, 0.29) is 95.5 Å². The number of aromatic carboxylic acids is 2. The van der Waals surface area contributed by atoms with Gasteiger partial charge in [0.1, 0.15) is 0 Å². The molecule has 0 saturated heterocycles. The smallest absolute Gasteiger partial charge is 0.545 e. The third-order valence-corrected chi connectivity index (χ3v) is 5.81. The summed E-state index contributed by atoms with van der Waals surface area (Å²) >= 11 is 0. The van der Waals surface area contributed by atoms with Crippen LogP contribution in [0.1, 0.15) is 90.2 Å². The van der Waals surface area contributed by atoms with E-state index in [2.05, 4.69) is 10.6 Å². The molecule has 8 nitrogen and oxygen atoms in total. The molecule has 1 aliphatic rings. The largest absolute Gasteiger partial charge is 1.00 e.